The van der Waals surface area contributed by atoms with Crippen molar-refractivity contribution in [2.45, 2.75) is 159 Å². The van der Waals surface area contributed by atoms with Crippen molar-refractivity contribution in [1.82, 2.24) is 0 Å². The lowest BCUT2D eigenvalue weighted by atomic mass is 9.95. The van der Waals surface area contributed by atoms with Crippen LogP contribution in [0.3, 0.4) is 0 Å². The molecule has 36 heavy (non-hydrogen) atoms. The summed E-state index contributed by atoms with van der Waals surface area (Å²) in [6.07, 6.45) is 10.3. The lowest BCUT2D eigenvalue weighted by Crippen LogP contribution is -2.39. The molecule has 0 radical (unpaired) electrons. The Morgan fingerprint density at radius 2 is 1.06 bits per heavy atom. The summed E-state index contributed by atoms with van der Waals surface area (Å²) in [6.45, 7) is 2.21. The fraction of sp³-hybridized carbons (Fsp3) is 0.893. The summed E-state index contributed by atoms with van der Waals surface area (Å²) < 4.78 is 0. The monoisotopic (exact) mass is 518 g/mol. The second-order valence-corrected chi connectivity index (χ2v) is 10.2. The summed E-state index contributed by atoms with van der Waals surface area (Å²) in [5.74, 6) is -0.803. The van der Waals surface area contributed by atoms with Crippen molar-refractivity contribution in [3.8, 4) is 0 Å². The maximum Gasteiger partial charge on any atom is 0.303 e. The number of carboxylic acid groups (broad SMARTS) is 1. The maximum absolute atomic E-state index is 10.5. The SMILES string of the molecule is CCCCCCCCC/C=C/CC(O)C(O)CC(O)C(O)CC(O)C(O)CCCCCCCC(=O)O. The van der Waals surface area contributed by atoms with Gasteiger partial charge in [0.2, 0.25) is 0 Å². The van der Waals surface area contributed by atoms with E-state index in [-0.39, 0.29) is 25.7 Å². The van der Waals surface area contributed by atoms with Crippen molar-refractivity contribution in [3.05, 3.63) is 12.2 Å². The highest BCUT2D eigenvalue weighted by Gasteiger charge is 2.27. The maximum atomic E-state index is 10.5. The molecule has 6 unspecified atom stereocenters. The number of aliphatic hydroxyl groups excluding tert-OH is 6. The number of aliphatic hydroxyl groups is 6. The average Bonchev–Trinajstić information content (AvgIpc) is 2.83. The Labute approximate surface area is 218 Å². The van der Waals surface area contributed by atoms with Gasteiger partial charge in [0.1, 0.15) is 0 Å². The van der Waals surface area contributed by atoms with Crippen LogP contribution in [0.5, 0.6) is 0 Å². The van der Waals surface area contributed by atoms with E-state index in [0.29, 0.717) is 19.3 Å². The minimum Gasteiger partial charge on any atom is -0.481 e. The van der Waals surface area contributed by atoms with Crippen LogP contribution in [0.1, 0.15) is 122 Å². The van der Waals surface area contributed by atoms with Crippen LogP contribution in [0.4, 0.5) is 0 Å². The molecule has 8 nitrogen and oxygen atoms in total. The highest BCUT2D eigenvalue weighted by molar-refractivity contribution is 5.66. The van der Waals surface area contributed by atoms with Gasteiger partial charge in [-0.3, -0.25) is 4.79 Å². The summed E-state index contributed by atoms with van der Waals surface area (Å²) >= 11 is 0. The number of unbranched alkanes of at least 4 members (excludes halogenated alkanes) is 11. The molecule has 0 rings (SSSR count). The Bertz CT molecular complexity index is 542. The van der Waals surface area contributed by atoms with Gasteiger partial charge in [0, 0.05) is 19.3 Å². The van der Waals surface area contributed by atoms with Gasteiger partial charge in [-0.2, -0.15) is 0 Å². The first kappa shape index (κ1) is 35.0. The predicted octanol–water partition coefficient (Wildman–Crippen LogP) is 3.83. The van der Waals surface area contributed by atoms with E-state index < -0.39 is 42.6 Å². The summed E-state index contributed by atoms with van der Waals surface area (Å²) in [5, 5.41) is 69.5. The van der Waals surface area contributed by atoms with Crippen molar-refractivity contribution >= 4 is 5.97 Å². The van der Waals surface area contributed by atoms with Gasteiger partial charge in [-0.1, -0.05) is 83.3 Å². The van der Waals surface area contributed by atoms with Gasteiger partial charge >= 0.3 is 5.97 Å². The normalized spacial score (nSPS) is 17.1. The van der Waals surface area contributed by atoms with Crippen LogP contribution in [-0.2, 0) is 4.79 Å². The van der Waals surface area contributed by atoms with Crippen LogP contribution < -0.4 is 0 Å². The molecular weight excluding hydrogens is 464 g/mol. The van der Waals surface area contributed by atoms with Gasteiger partial charge in [0.15, 0.2) is 0 Å². The zero-order valence-electron chi connectivity index (χ0n) is 22.4. The van der Waals surface area contributed by atoms with Crippen LogP contribution in [0, 0.1) is 0 Å². The van der Waals surface area contributed by atoms with Gasteiger partial charge in [0.05, 0.1) is 36.6 Å². The zero-order valence-corrected chi connectivity index (χ0v) is 22.4. The van der Waals surface area contributed by atoms with E-state index in [1.807, 2.05) is 12.2 Å². The number of carboxylic acids is 1. The molecule has 0 aromatic heterocycles. The number of hydrogen-bond acceptors (Lipinski definition) is 7. The molecule has 0 spiro atoms. The number of carbonyl (C=O) groups is 1. The molecule has 0 bridgehead atoms. The predicted molar refractivity (Wildman–Crippen MR) is 142 cm³/mol. The zero-order chi connectivity index (χ0) is 27.2. The standard InChI is InChI=1S/C28H54O8/c1-2-3-4-5-6-7-8-9-11-14-17-22(29)24(31)20-26(33)27(34)21-25(32)23(30)18-15-12-10-13-16-19-28(35)36/h11,14,22-27,29-34H,2-10,12-13,15-21H2,1H3,(H,35,36)/b14-11+. The Hall–Kier alpha value is -1.03. The fourth-order valence-corrected chi connectivity index (χ4v) is 4.21. The lowest BCUT2D eigenvalue weighted by Gasteiger charge is -2.26. The molecule has 0 aromatic carbocycles. The van der Waals surface area contributed by atoms with Gasteiger partial charge < -0.3 is 35.7 Å². The topological polar surface area (TPSA) is 159 Å². The Morgan fingerprint density at radius 3 is 1.64 bits per heavy atom. The molecule has 0 aliphatic heterocycles. The van der Waals surface area contributed by atoms with Crippen molar-refractivity contribution < 1.29 is 40.5 Å². The number of hydrogen-bond donors (Lipinski definition) is 7. The van der Waals surface area contributed by atoms with Crippen LogP contribution in [0.2, 0.25) is 0 Å². The molecule has 0 aromatic rings. The molecule has 214 valence electrons. The van der Waals surface area contributed by atoms with Crippen molar-refractivity contribution in [2.75, 3.05) is 0 Å². The first-order chi connectivity index (χ1) is 17.2. The van der Waals surface area contributed by atoms with E-state index in [9.17, 15) is 35.4 Å². The summed E-state index contributed by atoms with van der Waals surface area (Å²) in [7, 11) is 0. The Balaban J connectivity index is 3.99. The van der Waals surface area contributed by atoms with E-state index in [2.05, 4.69) is 6.92 Å². The van der Waals surface area contributed by atoms with Gasteiger partial charge in [0.25, 0.3) is 0 Å². The van der Waals surface area contributed by atoms with Crippen molar-refractivity contribution in [2.24, 2.45) is 0 Å². The van der Waals surface area contributed by atoms with E-state index in [4.69, 9.17) is 5.11 Å². The van der Waals surface area contributed by atoms with E-state index in [1.165, 1.54) is 38.5 Å². The largest absolute Gasteiger partial charge is 0.481 e. The molecule has 0 fully saturated rings. The van der Waals surface area contributed by atoms with Crippen LogP contribution in [0.25, 0.3) is 0 Å². The molecule has 7 N–H and O–H groups in total. The second kappa shape index (κ2) is 23.1. The van der Waals surface area contributed by atoms with Crippen LogP contribution >= 0.6 is 0 Å². The quantitative estimate of drug-likeness (QED) is 0.0709. The summed E-state index contributed by atoms with van der Waals surface area (Å²) in [5.41, 5.74) is 0. The third-order valence-corrected chi connectivity index (χ3v) is 6.71. The first-order valence-electron chi connectivity index (χ1n) is 14.1. The molecule has 6 atom stereocenters. The third-order valence-electron chi connectivity index (χ3n) is 6.71. The number of allylic oxidation sites excluding steroid dienone is 1. The Morgan fingerprint density at radius 1 is 0.583 bits per heavy atom. The van der Waals surface area contributed by atoms with Crippen LogP contribution in [0.15, 0.2) is 12.2 Å². The molecular formula is C28H54O8. The van der Waals surface area contributed by atoms with Crippen LogP contribution in [-0.4, -0.2) is 78.3 Å². The average molecular weight is 519 g/mol. The highest BCUT2D eigenvalue weighted by Crippen LogP contribution is 2.17. The fourth-order valence-electron chi connectivity index (χ4n) is 4.21. The smallest absolute Gasteiger partial charge is 0.303 e. The molecule has 0 aliphatic carbocycles. The highest BCUT2D eigenvalue weighted by atomic mass is 16.4. The molecule has 0 aliphatic rings. The molecule has 0 saturated carbocycles. The Kier molecular flexibility index (Phi) is 22.5. The lowest BCUT2D eigenvalue weighted by molar-refractivity contribution is -0.137. The summed E-state index contributed by atoms with van der Waals surface area (Å²) in [6, 6.07) is 0. The second-order valence-electron chi connectivity index (χ2n) is 10.2. The summed E-state index contributed by atoms with van der Waals surface area (Å²) in [4.78, 5) is 10.5. The first-order valence-corrected chi connectivity index (χ1v) is 14.1. The molecule has 0 heterocycles. The minimum absolute atomic E-state index is 0.156. The van der Waals surface area contributed by atoms with E-state index >= 15 is 0 Å². The van der Waals surface area contributed by atoms with Crippen molar-refractivity contribution in [3.63, 3.8) is 0 Å². The molecule has 0 amide bonds. The number of aliphatic carboxylic acids is 1. The molecule has 8 heteroatoms. The van der Waals surface area contributed by atoms with Gasteiger partial charge in [-0.25, -0.2) is 0 Å². The van der Waals surface area contributed by atoms with Crippen molar-refractivity contribution in [1.29, 1.82) is 0 Å². The third kappa shape index (κ3) is 20.1. The molecule has 0 saturated heterocycles. The minimum atomic E-state index is -1.33. The van der Waals surface area contributed by atoms with E-state index in [0.717, 1.165) is 32.1 Å². The van der Waals surface area contributed by atoms with Gasteiger partial charge in [-0.05, 0) is 32.1 Å². The number of rotatable bonds is 25. The van der Waals surface area contributed by atoms with Gasteiger partial charge in [-0.15, -0.1) is 0 Å². The van der Waals surface area contributed by atoms with E-state index in [1.54, 1.807) is 0 Å².